The molecule has 1 unspecified atom stereocenters. The maximum atomic E-state index is 4.45. The molecule has 4 rings (SSSR count). The largest absolute Gasteiger partial charge is 0.302 e. The van der Waals surface area contributed by atoms with Gasteiger partial charge in [-0.3, -0.25) is 0 Å². The normalized spacial score (nSPS) is 15.5. The van der Waals surface area contributed by atoms with Gasteiger partial charge in [0.05, 0.1) is 0 Å². The van der Waals surface area contributed by atoms with Gasteiger partial charge in [0.2, 0.25) is 0 Å². The van der Waals surface area contributed by atoms with Gasteiger partial charge in [0.25, 0.3) is 0 Å². The second-order valence-corrected chi connectivity index (χ2v) is 7.69. The van der Waals surface area contributed by atoms with Crippen LogP contribution in [0.1, 0.15) is 42.3 Å². The van der Waals surface area contributed by atoms with Gasteiger partial charge in [-0.05, 0) is 36.1 Å². The monoisotopic (exact) mass is 335 g/mol. The minimum absolute atomic E-state index is 0.328. The van der Waals surface area contributed by atoms with Crippen molar-refractivity contribution in [3.05, 3.63) is 66.5 Å². The van der Waals surface area contributed by atoms with E-state index in [1.54, 1.807) is 11.8 Å². The molecule has 0 spiro atoms. The third-order valence-electron chi connectivity index (χ3n) is 4.52. The van der Waals surface area contributed by atoms with Gasteiger partial charge < -0.3 is 4.57 Å². The predicted molar refractivity (Wildman–Crippen MR) is 100 cm³/mol. The summed E-state index contributed by atoms with van der Waals surface area (Å²) in [6.07, 6.45) is 4.40. The molecule has 0 N–H and O–H groups in total. The Morgan fingerprint density at radius 1 is 1.21 bits per heavy atom. The summed E-state index contributed by atoms with van der Waals surface area (Å²) in [5, 5.41) is 12.8. The number of rotatable bonds is 6. The van der Waals surface area contributed by atoms with Crippen molar-refractivity contribution in [1.29, 1.82) is 0 Å². The van der Waals surface area contributed by atoms with E-state index in [9.17, 15) is 0 Å². The number of fused-ring (bicyclic) bond motifs is 1. The average Bonchev–Trinajstić information content (AvgIpc) is 3.38. The molecule has 1 aromatic heterocycles. The van der Waals surface area contributed by atoms with E-state index in [4.69, 9.17) is 0 Å². The van der Waals surface area contributed by atoms with Crippen LogP contribution in [-0.4, -0.2) is 14.8 Å². The number of allylic oxidation sites excluding steroid dienone is 1. The molecule has 4 heteroatoms. The van der Waals surface area contributed by atoms with Gasteiger partial charge in [-0.15, -0.1) is 16.8 Å². The van der Waals surface area contributed by atoms with Gasteiger partial charge in [-0.1, -0.05) is 60.3 Å². The third-order valence-corrected chi connectivity index (χ3v) is 5.66. The van der Waals surface area contributed by atoms with E-state index in [0.29, 0.717) is 11.2 Å². The van der Waals surface area contributed by atoms with Gasteiger partial charge in [0.15, 0.2) is 5.16 Å². The molecule has 0 bridgehead atoms. The number of hydrogen-bond donors (Lipinski definition) is 0. The fourth-order valence-corrected chi connectivity index (χ4v) is 4.00. The van der Waals surface area contributed by atoms with Crippen molar-refractivity contribution in [2.45, 2.75) is 42.6 Å². The van der Waals surface area contributed by atoms with Gasteiger partial charge in [-0.25, -0.2) is 0 Å². The van der Waals surface area contributed by atoms with Gasteiger partial charge in [0, 0.05) is 17.7 Å². The topological polar surface area (TPSA) is 30.7 Å². The smallest absolute Gasteiger partial charge is 0.192 e. The Bertz CT molecular complexity index is 879. The molecule has 0 aliphatic heterocycles. The highest BCUT2D eigenvalue weighted by atomic mass is 32.2. The molecule has 1 fully saturated rings. The molecule has 1 aliphatic carbocycles. The number of thioether (sulfide) groups is 1. The van der Waals surface area contributed by atoms with Crippen molar-refractivity contribution >= 4 is 22.5 Å². The van der Waals surface area contributed by atoms with E-state index in [1.807, 2.05) is 6.08 Å². The number of aromatic nitrogens is 3. The number of nitrogens with zero attached hydrogens (tertiary/aromatic N) is 3. The first-order chi connectivity index (χ1) is 11.8. The Morgan fingerprint density at radius 2 is 2.00 bits per heavy atom. The van der Waals surface area contributed by atoms with E-state index in [1.165, 1.54) is 29.2 Å². The fraction of sp³-hybridized carbons (Fsp3) is 0.300. The number of hydrogen-bond acceptors (Lipinski definition) is 3. The standard InChI is InChI=1S/C20H21N3S/c1-3-12-23-19(16-9-10-16)21-22-20(23)24-14(2)17-11-8-15-6-4-5-7-18(15)13-17/h3-8,11,13-14,16H,1,9-10,12H2,2H3. The summed E-state index contributed by atoms with van der Waals surface area (Å²) in [4.78, 5) is 0. The SMILES string of the molecule is C=CCn1c(SC(C)c2ccc3ccccc3c2)nnc1C1CC1. The molecular weight excluding hydrogens is 314 g/mol. The fourth-order valence-electron chi connectivity index (χ4n) is 3.02. The highest BCUT2D eigenvalue weighted by Crippen LogP contribution is 2.42. The van der Waals surface area contributed by atoms with Crippen molar-refractivity contribution in [3.63, 3.8) is 0 Å². The molecule has 1 heterocycles. The predicted octanol–water partition coefficient (Wildman–Crippen LogP) is 5.35. The highest BCUT2D eigenvalue weighted by Gasteiger charge is 2.30. The molecule has 2 aromatic carbocycles. The van der Waals surface area contributed by atoms with Crippen LogP contribution in [0.3, 0.4) is 0 Å². The van der Waals surface area contributed by atoms with Gasteiger partial charge in [-0.2, -0.15) is 0 Å². The van der Waals surface area contributed by atoms with E-state index < -0.39 is 0 Å². The van der Waals surface area contributed by atoms with Crippen molar-refractivity contribution in [3.8, 4) is 0 Å². The first kappa shape index (κ1) is 15.5. The van der Waals surface area contributed by atoms with Gasteiger partial charge in [0.1, 0.15) is 5.82 Å². The first-order valence-corrected chi connectivity index (χ1v) is 9.33. The Kier molecular flexibility index (Phi) is 4.15. The molecule has 1 aliphatic rings. The molecule has 1 saturated carbocycles. The third kappa shape index (κ3) is 2.98. The maximum absolute atomic E-state index is 4.45. The van der Waals surface area contributed by atoms with Gasteiger partial charge >= 0.3 is 0 Å². The molecule has 3 aromatic rings. The summed E-state index contributed by atoms with van der Waals surface area (Å²) in [5.74, 6) is 1.73. The highest BCUT2D eigenvalue weighted by molar-refractivity contribution is 7.99. The van der Waals surface area contributed by atoms with Crippen molar-refractivity contribution in [2.75, 3.05) is 0 Å². The van der Waals surface area contributed by atoms with E-state index in [0.717, 1.165) is 17.5 Å². The lowest BCUT2D eigenvalue weighted by atomic mass is 10.1. The van der Waals surface area contributed by atoms with Crippen LogP contribution in [0.25, 0.3) is 10.8 Å². The molecule has 1 atom stereocenters. The molecule has 24 heavy (non-hydrogen) atoms. The number of benzene rings is 2. The Hall–Kier alpha value is -2.07. The van der Waals surface area contributed by atoms with Crippen LogP contribution >= 0.6 is 11.8 Å². The Balaban J connectivity index is 1.60. The quantitative estimate of drug-likeness (QED) is 0.449. The van der Waals surface area contributed by atoms with Crippen LogP contribution in [0, 0.1) is 0 Å². The summed E-state index contributed by atoms with van der Waals surface area (Å²) in [6, 6.07) is 15.2. The summed E-state index contributed by atoms with van der Waals surface area (Å²) < 4.78 is 2.23. The Labute approximate surface area is 146 Å². The molecule has 122 valence electrons. The van der Waals surface area contributed by atoms with Crippen LogP contribution in [0.5, 0.6) is 0 Å². The maximum Gasteiger partial charge on any atom is 0.192 e. The lowest BCUT2D eigenvalue weighted by Gasteiger charge is -2.13. The van der Waals surface area contributed by atoms with Crippen molar-refractivity contribution < 1.29 is 0 Å². The van der Waals surface area contributed by atoms with Crippen molar-refractivity contribution in [2.24, 2.45) is 0 Å². The Morgan fingerprint density at radius 3 is 2.75 bits per heavy atom. The second-order valence-electron chi connectivity index (χ2n) is 6.38. The average molecular weight is 335 g/mol. The van der Waals surface area contributed by atoms with Crippen LogP contribution in [0.15, 0.2) is 60.3 Å². The van der Waals surface area contributed by atoms with Crippen LogP contribution in [-0.2, 0) is 6.54 Å². The minimum atomic E-state index is 0.328. The first-order valence-electron chi connectivity index (χ1n) is 8.45. The van der Waals surface area contributed by atoms with Crippen LogP contribution in [0.2, 0.25) is 0 Å². The zero-order chi connectivity index (χ0) is 16.5. The molecular formula is C20H21N3S. The molecule has 0 amide bonds. The minimum Gasteiger partial charge on any atom is -0.302 e. The van der Waals surface area contributed by atoms with E-state index in [2.05, 4.69) is 70.7 Å². The summed E-state index contributed by atoms with van der Waals surface area (Å²) >= 11 is 1.78. The van der Waals surface area contributed by atoms with E-state index >= 15 is 0 Å². The summed E-state index contributed by atoms with van der Waals surface area (Å²) in [7, 11) is 0. The lowest BCUT2D eigenvalue weighted by Crippen LogP contribution is -2.03. The molecule has 0 saturated heterocycles. The summed E-state index contributed by atoms with van der Waals surface area (Å²) in [6.45, 7) is 6.90. The second kappa shape index (κ2) is 6.44. The van der Waals surface area contributed by atoms with Crippen molar-refractivity contribution in [1.82, 2.24) is 14.8 Å². The zero-order valence-electron chi connectivity index (χ0n) is 13.9. The lowest BCUT2D eigenvalue weighted by molar-refractivity contribution is 0.680. The zero-order valence-corrected chi connectivity index (χ0v) is 14.7. The van der Waals surface area contributed by atoms with Crippen LogP contribution < -0.4 is 0 Å². The molecule has 3 nitrogen and oxygen atoms in total. The van der Waals surface area contributed by atoms with E-state index in [-0.39, 0.29) is 0 Å². The van der Waals surface area contributed by atoms with Crippen LogP contribution in [0.4, 0.5) is 0 Å². The summed E-state index contributed by atoms with van der Waals surface area (Å²) in [5.41, 5.74) is 1.32. The molecule has 0 radical (unpaired) electrons.